The van der Waals surface area contributed by atoms with E-state index in [1.165, 1.54) is 11.1 Å². The van der Waals surface area contributed by atoms with E-state index < -0.39 is 0 Å². The highest BCUT2D eigenvalue weighted by molar-refractivity contribution is 6.31. The Morgan fingerprint density at radius 2 is 1.86 bits per heavy atom. The highest BCUT2D eigenvalue weighted by Gasteiger charge is 2.25. The van der Waals surface area contributed by atoms with Crippen LogP contribution in [-0.4, -0.2) is 43.7 Å². The number of hydrogen-bond donors (Lipinski definition) is 1. The molecule has 4 rings (SSSR count). The van der Waals surface area contributed by atoms with Crippen molar-refractivity contribution in [3.05, 3.63) is 69.9 Å². The van der Waals surface area contributed by atoms with Crippen LogP contribution < -0.4 is 5.32 Å². The minimum absolute atomic E-state index is 0.0857. The molecule has 1 atom stereocenters. The van der Waals surface area contributed by atoms with Crippen molar-refractivity contribution in [2.75, 3.05) is 32.8 Å². The summed E-state index contributed by atoms with van der Waals surface area (Å²) in [5.74, 6) is 0.132. The number of ether oxygens (including phenoxy) is 1. The smallest absolute Gasteiger partial charge is 0.287 e. The SMILES string of the molecule is Cc1ccc([C@@H](CNC(=O)c2oc3ccc(Cl)cc3c2C)N2CCOCC2)cc1. The Kier molecular flexibility index (Phi) is 5.90. The molecule has 0 unspecified atom stereocenters. The number of fused-ring (bicyclic) bond motifs is 1. The van der Waals surface area contributed by atoms with Gasteiger partial charge in [-0.15, -0.1) is 0 Å². The van der Waals surface area contributed by atoms with E-state index in [4.69, 9.17) is 20.8 Å². The molecule has 1 saturated heterocycles. The van der Waals surface area contributed by atoms with Crippen LogP contribution in [0.4, 0.5) is 0 Å². The molecule has 3 aromatic rings. The quantitative estimate of drug-likeness (QED) is 0.670. The second kappa shape index (κ2) is 8.57. The first-order chi connectivity index (χ1) is 14.0. The molecule has 1 fully saturated rings. The summed E-state index contributed by atoms with van der Waals surface area (Å²) < 4.78 is 11.3. The number of benzene rings is 2. The lowest BCUT2D eigenvalue weighted by atomic mass is 10.0. The lowest BCUT2D eigenvalue weighted by Crippen LogP contribution is -2.43. The van der Waals surface area contributed by atoms with Crippen molar-refractivity contribution >= 4 is 28.5 Å². The Balaban J connectivity index is 1.54. The Labute approximate surface area is 175 Å². The summed E-state index contributed by atoms with van der Waals surface area (Å²) in [6, 6.07) is 14.0. The number of nitrogens with one attached hydrogen (secondary N) is 1. The van der Waals surface area contributed by atoms with Crippen LogP contribution in [-0.2, 0) is 4.74 Å². The number of furan rings is 1. The van der Waals surface area contributed by atoms with Gasteiger partial charge in [-0.2, -0.15) is 0 Å². The van der Waals surface area contributed by atoms with Gasteiger partial charge in [0.05, 0.1) is 19.3 Å². The largest absolute Gasteiger partial charge is 0.451 e. The molecule has 0 spiro atoms. The molecule has 0 radical (unpaired) electrons. The summed E-state index contributed by atoms with van der Waals surface area (Å²) in [5.41, 5.74) is 3.87. The van der Waals surface area contributed by atoms with Crippen LogP contribution in [0.2, 0.25) is 5.02 Å². The molecule has 0 aliphatic carbocycles. The number of halogens is 1. The molecule has 2 aromatic carbocycles. The van der Waals surface area contributed by atoms with Gasteiger partial charge in [-0.25, -0.2) is 0 Å². The molecule has 1 aliphatic rings. The van der Waals surface area contributed by atoms with Crippen molar-refractivity contribution in [2.45, 2.75) is 19.9 Å². The fourth-order valence-corrected chi connectivity index (χ4v) is 3.99. The molecule has 29 heavy (non-hydrogen) atoms. The summed E-state index contributed by atoms with van der Waals surface area (Å²) in [4.78, 5) is 15.3. The average molecular weight is 413 g/mol. The lowest BCUT2D eigenvalue weighted by molar-refractivity contribution is 0.0161. The van der Waals surface area contributed by atoms with Crippen molar-refractivity contribution in [1.82, 2.24) is 10.2 Å². The van der Waals surface area contributed by atoms with E-state index in [0.29, 0.717) is 36.1 Å². The molecule has 0 saturated carbocycles. The van der Waals surface area contributed by atoms with Gasteiger partial charge < -0.3 is 14.5 Å². The number of amides is 1. The number of rotatable bonds is 5. The molecule has 2 heterocycles. The molecular weight excluding hydrogens is 388 g/mol. The Hall–Kier alpha value is -2.34. The van der Waals surface area contributed by atoms with Crippen LogP contribution in [0.1, 0.15) is 33.3 Å². The van der Waals surface area contributed by atoms with Gasteiger partial charge in [0, 0.05) is 35.6 Å². The third kappa shape index (κ3) is 4.32. The summed E-state index contributed by atoms with van der Waals surface area (Å²) in [5, 5.41) is 4.57. The Morgan fingerprint density at radius 1 is 1.14 bits per heavy atom. The molecule has 5 nitrogen and oxygen atoms in total. The fraction of sp³-hybridized carbons (Fsp3) is 0.348. The topological polar surface area (TPSA) is 54.7 Å². The monoisotopic (exact) mass is 412 g/mol. The Morgan fingerprint density at radius 3 is 2.59 bits per heavy atom. The highest BCUT2D eigenvalue weighted by Crippen LogP contribution is 2.28. The van der Waals surface area contributed by atoms with Crippen molar-refractivity contribution in [3.8, 4) is 0 Å². The zero-order valence-corrected chi connectivity index (χ0v) is 17.5. The predicted octanol–water partition coefficient (Wildman–Crippen LogP) is 4.51. The number of hydrogen-bond acceptors (Lipinski definition) is 4. The summed E-state index contributed by atoms with van der Waals surface area (Å²) in [6.07, 6.45) is 0. The standard InChI is InChI=1S/C23H25ClN2O3/c1-15-3-5-17(6-4-15)20(26-9-11-28-12-10-26)14-25-23(27)22-16(2)19-13-18(24)7-8-21(19)29-22/h3-8,13,20H,9-12,14H2,1-2H3,(H,25,27)/t20-/m1/s1. The van der Waals surface area contributed by atoms with Crippen molar-refractivity contribution < 1.29 is 13.9 Å². The van der Waals surface area contributed by atoms with Crippen LogP contribution in [0.15, 0.2) is 46.9 Å². The second-order valence-electron chi connectivity index (χ2n) is 7.48. The maximum atomic E-state index is 12.9. The Bertz CT molecular complexity index is 1010. The molecule has 1 amide bonds. The average Bonchev–Trinajstić information content (AvgIpc) is 3.06. The zero-order valence-electron chi connectivity index (χ0n) is 16.7. The van der Waals surface area contributed by atoms with E-state index in [1.807, 2.05) is 13.0 Å². The van der Waals surface area contributed by atoms with Gasteiger partial charge in [0.1, 0.15) is 5.58 Å². The molecule has 0 bridgehead atoms. The maximum Gasteiger partial charge on any atom is 0.287 e. The number of aryl methyl sites for hydroxylation is 2. The van der Waals surface area contributed by atoms with E-state index in [1.54, 1.807) is 12.1 Å². The minimum Gasteiger partial charge on any atom is -0.451 e. The minimum atomic E-state index is -0.208. The zero-order chi connectivity index (χ0) is 20.4. The summed E-state index contributed by atoms with van der Waals surface area (Å²) >= 11 is 6.09. The number of nitrogens with zero attached hydrogens (tertiary/aromatic N) is 1. The van der Waals surface area contributed by atoms with Crippen molar-refractivity contribution in [2.24, 2.45) is 0 Å². The second-order valence-corrected chi connectivity index (χ2v) is 7.92. The molecular formula is C23H25ClN2O3. The number of carbonyl (C=O) groups is 1. The van der Waals surface area contributed by atoms with Gasteiger partial charge in [0.2, 0.25) is 0 Å². The van der Waals surface area contributed by atoms with Crippen LogP contribution in [0.3, 0.4) is 0 Å². The first-order valence-electron chi connectivity index (χ1n) is 9.88. The van der Waals surface area contributed by atoms with Gasteiger partial charge in [-0.1, -0.05) is 41.4 Å². The predicted molar refractivity (Wildman–Crippen MR) is 115 cm³/mol. The number of morpholine rings is 1. The number of carbonyl (C=O) groups excluding carboxylic acids is 1. The van der Waals surface area contributed by atoms with E-state index in [-0.39, 0.29) is 11.9 Å². The molecule has 6 heteroatoms. The first-order valence-corrected chi connectivity index (χ1v) is 10.3. The first kappa shape index (κ1) is 20.0. The summed E-state index contributed by atoms with van der Waals surface area (Å²) in [7, 11) is 0. The molecule has 1 N–H and O–H groups in total. The van der Waals surface area contributed by atoms with Crippen molar-refractivity contribution in [3.63, 3.8) is 0 Å². The normalized spacial score (nSPS) is 16.1. The van der Waals surface area contributed by atoms with E-state index in [0.717, 1.165) is 24.0 Å². The van der Waals surface area contributed by atoms with Gasteiger partial charge in [-0.3, -0.25) is 9.69 Å². The van der Waals surface area contributed by atoms with Crippen LogP contribution in [0, 0.1) is 13.8 Å². The third-order valence-corrected chi connectivity index (χ3v) is 5.74. The third-order valence-electron chi connectivity index (χ3n) is 5.51. The van der Waals surface area contributed by atoms with Crippen molar-refractivity contribution in [1.29, 1.82) is 0 Å². The van der Waals surface area contributed by atoms with Crippen LogP contribution in [0.5, 0.6) is 0 Å². The van der Waals surface area contributed by atoms with Gasteiger partial charge in [0.15, 0.2) is 5.76 Å². The van der Waals surface area contributed by atoms with Gasteiger partial charge >= 0.3 is 0 Å². The summed E-state index contributed by atoms with van der Waals surface area (Å²) in [6.45, 7) is 7.56. The van der Waals surface area contributed by atoms with Crippen LogP contribution in [0.25, 0.3) is 11.0 Å². The van der Waals surface area contributed by atoms with E-state index >= 15 is 0 Å². The highest BCUT2D eigenvalue weighted by atomic mass is 35.5. The molecule has 152 valence electrons. The van der Waals surface area contributed by atoms with Gasteiger partial charge in [0.25, 0.3) is 5.91 Å². The van der Waals surface area contributed by atoms with E-state index in [9.17, 15) is 4.79 Å². The lowest BCUT2D eigenvalue weighted by Gasteiger charge is -2.35. The van der Waals surface area contributed by atoms with Crippen LogP contribution >= 0.6 is 11.6 Å². The maximum absolute atomic E-state index is 12.9. The van der Waals surface area contributed by atoms with Gasteiger partial charge in [-0.05, 0) is 37.6 Å². The van der Waals surface area contributed by atoms with E-state index in [2.05, 4.69) is 41.4 Å². The molecule has 1 aliphatic heterocycles. The fourth-order valence-electron chi connectivity index (χ4n) is 3.81. The molecule has 1 aromatic heterocycles.